The summed E-state index contributed by atoms with van der Waals surface area (Å²) in [5, 5.41) is 17.3. The maximum absolute atomic E-state index is 10.6. The topological polar surface area (TPSA) is 66.8 Å². The minimum atomic E-state index is -0.923. The molecule has 1 aromatic rings. The highest BCUT2D eigenvalue weighted by Crippen LogP contribution is 2.14. The average Bonchev–Trinajstić information content (AvgIpc) is 2.31. The molecule has 4 nitrogen and oxygen atoms in total. The predicted molar refractivity (Wildman–Crippen MR) is 64.9 cm³/mol. The number of aliphatic hydroxyl groups excluding tert-OH is 1. The number of carboxylic acid groups (broad SMARTS) is 1. The molecule has 0 heterocycles. The van der Waals surface area contributed by atoms with Crippen molar-refractivity contribution in [3.05, 3.63) is 35.4 Å². The zero-order valence-electron chi connectivity index (χ0n) is 9.72. The van der Waals surface area contributed by atoms with E-state index in [1.165, 1.54) is 0 Å². The van der Waals surface area contributed by atoms with Gasteiger partial charge in [0.15, 0.2) is 0 Å². The Kier molecular flexibility index (Phi) is 5.23. The van der Waals surface area contributed by atoms with Crippen molar-refractivity contribution in [1.29, 1.82) is 0 Å². The predicted octanol–water partition coefficient (Wildman–Crippen LogP) is 1.94. The molecular formula is C13H16O4. The number of carboxylic acids is 1. The Morgan fingerprint density at radius 1 is 1.35 bits per heavy atom. The molecule has 0 aliphatic heterocycles. The third-order valence-electron chi connectivity index (χ3n) is 2.17. The molecule has 0 atom stereocenters. The van der Waals surface area contributed by atoms with E-state index in [0.717, 1.165) is 5.56 Å². The molecule has 0 amide bonds. The summed E-state index contributed by atoms with van der Waals surface area (Å²) in [7, 11) is 0. The monoisotopic (exact) mass is 236 g/mol. The van der Waals surface area contributed by atoms with Gasteiger partial charge in [-0.05, 0) is 30.7 Å². The van der Waals surface area contributed by atoms with Gasteiger partial charge in [0.05, 0.1) is 6.61 Å². The third kappa shape index (κ3) is 4.70. The molecule has 1 aromatic carbocycles. The van der Waals surface area contributed by atoms with Gasteiger partial charge < -0.3 is 14.9 Å². The van der Waals surface area contributed by atoms with E-state index in [-0.39, 0.29) is 6.61 Å². The van der Waals surface area contributed by atoms with E-state index in [2.05, 4.69) is 0 Å². The number of ether oxygens (including phenoxy) is 1. The molecule has 0 aliphatic rings. The normalized spacial score (nSPS) is 11.3. The Balaban J connectivity index is 2.62. The van der Waals surface area contributed by atoms with E-state index in [1.54, 1.807) is 37.3 Å². The number of rotatable bonds is 6. The van der Waals surface area contributed by atoms with E-state index in [1.807, 2.05) is 0 Å². The molecule has 0 fully saturated rings. The first-order valence-electron chi connectivity index (χ1n) is 5.39. The highest BCUT2D eigenvalue weighted by Gasteiger charge is 2.00. The lowest BCUT2D eigenvalue weighted by Crippen LogP contribution is -1.99. The SMILES string of the molecule is CC(=Cc1ccc(OCCCO)cc1)C(=O)O. The highest BCUT2D eigenvalue weighted by atomic mass is 16.5. The van der Waals surface area contributed by atoms with Crippen molar-refractivity contribution in [1.82, 2.24) is 0 Å². The summed E-state index contributed by atoms with van der Waals surface area (Å²) in [6, 6.07) is 7.14. The van der Waals surface area contributed by atoms with Crippen molar-refractivity contribution in [2.75, 3.05) is 13.2 Å². The largest absolute Gasteiger partial charge is 0.494 e. The molecule has 4 heteroatoms. The van der Waals surface area contributed by atoms with Gasteiger partial charge in [-0.15, -0.1) is 0 Å². The maximum Gasteiger partial charge on any atom is 0.331 e. The Morgan fingerprint density at radius 2 is 2.00 bits per heavy atom. The molecule has 1 rings (SSSR count). The van der Waals surface area contributed by atoms with Crippen molar-refractivity contribution in [3.63, 3.8) is 0 Å². The van der Waals surface area contributed by atoms with Gasteiger partial charge in [0, 0.05) is 18.6 Å². The van der Waals surface area contributed by atoms with E-state index in [0.29, 0.717) is 24.4 Å². The number of aliphatic hydroxyl groups is 1. The fourth-order valence-electron chi connectivity index (χ4n) is 1.23. The first-order chi connectivity index (χ1) is 8.13. The van der Waals surface area contributed by atoms with Crippen LogP contribution in [-0.2, 0) is 4.79 Å². The molecule has 0 aliphatic carbocycles. The number of aliphatic carboxylic acids is 1. The second kappa shape index (κ2) is 6.70. The standard InChI is InChI=1S/C13H16O4/c1-10(13(15)16)9-11-3-5-12(6-4-11)17-8-2-7-14/h3-6,9,14H,2,7-8H2,1H3,(H,15,16). The van der Waals surface area contributed by atoms with Crippen molar-refractivity contribution in [2.45, 2.75) is 13.3 Å². The van der Waals surface area contributed by atoms with E-state index >= 15 is 0 Å². The second-order valence-electron chi connectivity index (χ2n) is 3.63. The van der Waals surface area contributed by atoms with Gasteiger partial charge in [-0.25, -0.2) is 4.79 Å². The lowest BCUT2D eigenvalue weighted by molar-refractivity contribution is -0.132. The van der Waals surface area contributed by atoms with Gasteiger partial charge in [-0.3, -0.25) is 0 Å². The molecule has 2 N–H and O–H groups in total. The summed E-state index contributed by atoms with van der Waals surface area (Å²) in [5.74, 6) is -0.211. The summed E-state index contributed by atoms with van der Waals surface area (Å²) in [6.45, 7) is 2.13. The minimum Gasteiger partial charge on any atom is -0.494 e. The molecule has 0 unspecified atom stereocenters. The van der Waals surface area contributed by atoms with E-state index in [9.17, 15) is 4.79 Å². The van der Waals surface area contributed by atoms with E-state index < -0.39 is 5.97 Å². The minimum absolute atomic E-state index is 0.110. The zero-order chi connectivity index (χ0) is 12.7. The van der Waals surface area contributed by atoms with Crippen LogP contribution in [0.5, 0.6) is 5.75 Å². The van der Waals surface area contributed by atoms with Crippen LogP contribution in [0, 0.1) is 0 Å². The Hall–Kier alpha value is -1.81. The third-order valence-corrected chi connectivity index (χ3v) is 2.17. The van der Waals surface area contributed by atoms with Gasteiger partial charge in [-0.1, -0.05) is 12.1 Å². The van der Waals surface area contributed by atoms with Crippen molar-refractivity contribution < 1.29 is 19.7 Å². The lowest BCUT2D eigenvalue weighted by Gasteiger charge is -2.05. The molecule has 0 bridgehead atoms. The summed E-state index contributed by atoms with van der Waals surface area (Å²) >= 11 is 0. The highest BCUT2D eigenvalue weighted by molar-refractivity contribution is 5.91. The van der Waals surface area contributed by atoms with E-state index in [4.69, 9.17) is 14.9 Å². The quantitative estimate of drug-likeness (QED) is 0.585. The molecule has 92 valence electrons. The Bertz CT molecular complexity index is 392. The molecule has 17 heavy (non-hydrogen) atoms. The van der Waals surface area contributed by atoms with Crippen LogP contribution in [0.25, 0.3) is 6.08 Å². The van der Waals surface area contributed by atoms with Gasteiger partial charge in [0.25, 0.3) is 0 Å². The lowest BCUT2D eigenvalue weighted by atomic mass is 10.1. The second-order valence-corrected chi connectivity index (χ2v) is 3.63. The summed E-state index contributed by atoms with van der Waals surface area (Å²) in [5.41, 5.74) is 1.11. The summed E-state index contributed by atoms with van der Waals surface area (Å²) in [4.78, 5) is 10.6. The smallest absolute Gasteiger partial charge is 0.331 e. The van der Waals surface area contributed by atoms with Gasteiger partial charge in [0.1, 0.15) is 5.75 Å². The fourth-order valence-corrected chi connectivity index (χ4v) is 1.23. The van der Waals surface area contributed by atoms with Crippen LogP contribution in [0.1, 0.15) is 18.9 Å². The van der Waals surface area contributed by atoms with Gasteiger partial charge in [-0.2, -0.15) is 0 Å². The van der Waals surface area contributed by atoms with Crippen LogP contribution in [0.15, 0.2) is 29.8 Å². The van der Waals surface area contributed by atoms with Crippen molar-refractivity contribution in [3.8, 4) is 5.75 Å². The van der Waals surface area contributed by atoms with Crippen LogP contribution in [0.4, 0.5) is 0 Å². The maximum atomic E-state index is 10.6. The first kappa shape index (κ1) is 13.3. The van der Waals surface area contributed by atoms with Crippen LogP contribution in [0.2, 0.25) is 0 Å². The molecule has 0 saturated carbocycles. The average molecular weight is 236 g/mol. The summed E-state index contributed by atoms with van der Waals surface area (Å²) < 4.78 is 5.36. The molecule has 0 spiro atoms. The van der Waals surface area contributed by atoms with Gasteiger partial charge in [0.2, 0.25) is 0 Å². The molecule has 0 saturated heterocycles. The Morgan fingerprint density at radius 3 is 2.53 bits per heavy atom. The first-order valence-corrected chi connectivity index (χ1v) is 5.39. The van der Waals surface area contributed by atoms with Crippen LogP contribution in [0.3, 0.4) is 0 Å². The number of hydrogen-bond acceptors (Lipinski definition) is 3. The van der Waals surface area contributed by atoms with Crippen LogP contribution < -0.4 is 4.74 Å². The number of benzene rings is 1. The molecule has 0 radical (unpaired) electrons. The van der Waals surface area contributed by atoms with Crippen LogP contribution in [-0.4, -0.2) is 29.4 Å². The van der Waals surface area contributed by atoms with Crippen molar-refractivity contribution >= 4 is 12.0 Å². The summed E-state index contributed by atoms with van der Waals surface area (Å²) in [6.07, 6.45) is 2.19. The number of hydrogen-bond donors (Lipinski definition) is 2. The zero-order valence-corrected chi connectivity index (χ0v) is 9.72. The number of carbonyl (C=O) groups is 1. The van der Waals surface area contributed by atoms with Gasteiger partial charge >= 0.3 is 5.97 Å². The van der Waals surface area contributed by atoms with Crippen LogP contribution >= 0.6 is 0 Å². The fraction of sp³-hybridized carbons (Fsp3) is 0.308. The Labute approximate surface area is 100 Å². The molecular weight excluding hydrogens is 220 g/mol. The van der Waals surface area contributed by atoms with Crippen molar-refractivity contribution in [2.24, 2.45) is 0 Å². The molecule has 0 aromatic heterocycles.